The topological polar surface area (TPSA) is 55.1 Å². The first-order valence-electron chi connectivity index (χ1n) is 7.49. The number of pyridine rings is 1. The summed E-state index contributed by atoms with van der Waals surface area (Å²) in [6, 6.07) is 5.40. The fourth-order valence-corrected chi connectivity index (χ4v) is 2.81. The van der Waals surface area contributed by atoms with Crippen LogP contribution in [0, 0.1) is 5.82 Å². The predicted octanol–water partition coefficient (Wildman–Crippen LogP) is 2.83. The van der Waals surface area contributed by atoms with Crippen molar-refractivity contribution < 1.29 is 8.81 Å². The number of halogens is 1. The minimum atomic E-state index is -0.261. The summed E-state index contributed by atoms with van der Waals surface area (Å²) in [6.45, 7) is 2.12. The zero-order valence-corrected chi connectivity index (χ0v) is 12.4. The maximum absolute atomic E-state index is 13.7. The van der Waals surface area contributed by atoms with Crippen LogP contribution in [0.4, 0.5) is 4.39 Å². The molecule has 0 radical (unpaired) electrons. The molecule has 0 aromatic carbocycles. The van der Waals surface area contributed by atoms with Crippen molar-refractivity contribution in [3.63, 3.8) is 0 Å². The average Bonchev–Trinajstić information content (AvgIpc) is 3.11. The van der Waals surface area contributed by atoms with Crippen molar-refractivity contribution in [3.8, 4) is 11.6 Å². The molecular formula is C17H15FN4O. The molecule has 1 aliphatic rings. The molecule has 0 saturated carbocycles. The minimum Gasteiger partial charge on any atom is -0.461 e. The molecule has 0 saturated heterocycles. The van der Waals surface area contributed by atoms with Gasteiger partial charge < -0.3 is 4.42 Å². The first kappa shape index (κ1) is 14.0. The van der Waals surface area contributed by atoms with Crippen molar-refractivity contribution in [3.05, 3.63) is 65.7 Å². The maximum Gasteiger partial charge on any atom is 0.195 e. The second-order valence-electron chi connectivity index (χ2n) is 5.57. The Kier molecular flexibility index (Phi) is 3.59. The third-order valence-corrected chi connectivity index (χ3v) is 4.00. The summed E-state index contributed by atoms with van der Waals surface area (Å²) in [6.07, 6.45) is 7.15. The summed E-state index contributed by atoms with van der Waals surface area (Å²) in [5.41, 5.74) is 2.79. The number of aromatic nitrogens is 3. The van der Waals surface area contributed by atoms with Gasteiger partial charge in [-0.3, -0.25) is 9.88 Å². The Bertz CT molecular complexity index is 819. The number of hydrogen-bond acceptors (Lipinski definition) is 5. The summed E-state index contributed by atoms with van der Waals surface area (Å²) in [5, 5.41) is 0. The first-order chi connectivity index (χ1) is 11.3. The third-order valence-electron chi connectivity index (χ3n) is 4.00. The van der Waals surface area contributed by atoms with Crippen LogP contribution in [0.3, 0.4) is 0 Å². The second kappa shape index (κ2) is 5.89. The van der Waals surface area contributed by atoms with Crippen molar-refractivity contribution in [1.29, 1.82) is 0 Å². The highest BCUT2D eigenvalue weighted by Gasteiger charge is 2.20. The van der Waals surface area contributed by atoms with E-state index in [1.807, 2.05) is 18.3 Å². The maximum atomic E-state index is 13.7. The molecule has 6 heteroatoms. The molecule has 0 spiro atoms. The zero-order chi connectivity index (χ0) is 15.6. The molecule has 23 heavy (non-hydrogen) atoms. The number of hydrogen-bond donors (Lipinski definition) is 0. The van der Waals surface area contributed by atoms with Gasteiger partial charge in [-0.1, -0.05) is 0 Å². The Morgan fingerprint density at radius 2 is 2.22 bits per heavy atom. The number of furan rings is 1. The van der Waals surface area contributed by atoms with Gasteiger partial charge in [0, 0.05) is 49.6 Å². The Morgan fingerprint density at radius 3 is 3.04 bits per heavy atom. The van der Waals surface area contributed by atoms with E-state index in [-0.39, 0.29) is 5.82 Å². The van der Waals surface area contributed by atoms with E-state index in [1.165, 1.54) is 6.20 Å². The van der Waals surface area contributed by atoms with Crippen LogP contribution < -0.4 is 0 Å². The molecule has 0 aliphatic carbocycles. The quantitative estimate of drug-likeness (QED) is 0.744. The normalized spacial score (nSPS) is 14.7. The van der Waals surface area contributed by atoms with Crippen LogP contribution in [0.1, 0.15) is 16.8 Å². The van der Waals surface area contributed by atoms with E-state index in [4.69, 9.17) is 4.42 Å². The van der Waals surface area contributed by atoms with Crippen LogP contribution in [-0.2, 0) is 19.5 Å². The molecule has 0 amide bonds. The number of rotatable bonds is 3. The molecule has 5 nitrogen and oxygen atoms in total. The van der Waals surface area contributed by atoms with E-state index in [2.05, 4.69) is 19.9 Å². The first-order valence-corrected chi connectivity index (χ1v) is 7.49. The van der Waals surface area contributed by atoms with Gasteiger partial charge in [0.05, 0.1) is 18.2 Å². The third kappa shape index (κ3) is 2.85. The minimum absolute atomic E-state index is 0.261. The molecule has 0 unspecified atom stereocenters. The van der Waals surface area contributed by atoms with Crippen molar-refractivity contribution in [2.24, 2.45) is 0 Å². The highest BCUT2D eigenvalue weighted by Crippen LogP contribution is 2.22. The lowest BCUT2D eigenvalue weighted by Crippen LogP contribution is -2.31. The number of fused-ring (bicyclic) bond motifs is 1. The lowest BCUT2D eigenvalue weighted by Gasteiger charge is -2.28. The van der Waals surface area contributed by atoms with E-state index in [1.54, 1.807) is 18.5 Å². The molecule has 0 bridgehead atoms. The fraction of sp³-hybridized carbons (Fsp3) is 0.235. The lowest BCUT2D eigenvalue weighted by molar-refractivity contribution is 0.239. The summed E-state index contributed by atoms with van der Waals surface area (Å²) in [4.78, 5) is 15.0. The molecule has 0 N–H and O–H groups in total. The van der Waals surface area contributed by atoms with Gasteiger partial charge in [0.2, 0.25) is 0 Å². The van der Waals surface area contributed by atoms with Gasteiger partial charge in [0.25, 0.3) is 0 Å². The van der Waals surface area contributed by atoms with E-state index < -0.39 is 0 Å². The SMILES string of the molecule is Fc1cnccc1CN1CCc2nc(-c3ccco3)ncc2C1. The summed E-state index contributed by atoms with van der Waals surface area (Å²) < 4.78 is 19.1. The highest BCUT2D eigenvalue weighted by atomic mass is 19.1. The molecule has 4 rings (SSSR count). The van der Waals surface area contributed by atoms with E-state index in [9.17, 15) is 4.39 Å². The predicted molar refractivity (Wildman–Crippen MR) is 81.7 cm³/mol. The molecule has 4 heterocycles. The van der Waals surface area contributed by atoms with Crippen LogP contribution in [0.2, 0.25) is 0 Å². The molecule has 0 fully saturated rings. The van der Waals surface area contributed by atoms with Gasteiger partial charge in [0.15, 0.2) is 11.6 Å². The molecule has 116 valence electrons. The van der Waals surface area contributed by atoms with Gasteiger partial charge in [-0.15, -0.1) is 0 Å². The van der Waals surface area contributed by atoms with Crippen molar-refractivity contribution in [2.75, 3.05) is 6.54 Å². The molecule has 3 aromatic heterocycles. The largest absolute Gasteiger partial charge is 0.461 e. The molecular weight excluding hydrogens is 295 g/mol. The van der Waals surface area contributed by atoms with Gasteiger partial charge in [-0.05, 0) is 18.2 Å². The van der Waals surface area contributed by atoms with Gasteiger partial charge in [-0.25, -0.2) is 14.4 Å². The second-order valence-corrected chi connectivity index (χ2v) is 5.57. The smallest absolute Gasteiger partial charge is 0.195 e. The van der Waals surface area contributed by atoms with Crippen LogP contribution in [0.5, 0.6) is 0 Å². The Hall–Kier alpha value is -2.60. The van der Waals surface area contributed by atoms with Crippen molar-refractivity contribution >= 4 is 0 Å². The molecule has 0 atom stereocenters. The van der Waals surface area contributed by atoms with Crippen LogP contribution in [0.25, 0.3) is 11.6 Å². The van der Waals surface area contributed by atoms with Gasteiger partial charge in [0.1, 0.15) is 5.82 Å². The molecule has 3 aromatic rings. The van der Waals surface area contributed by atoms with Gasteiger partial charge in [-0.2, -0.15) is 0 Å². The van der Waals surface area contributed by atoms with Crippen LogP contribution in [0.15, 0.2) is 47.5 Å². The van der Waals surface area contributed by atoms with Crippen molar-refractivity contribution in [2.45, 2.75) is 19.5 Å². The van der Waals surface area contributed by atoms with Crippen LogP contribution >= 0.6 is 0 Å². The lowest BCUT2D eigenvalue weighted by atomic mass is 10.1. The standard InChI is InChI=1S/C17H15FN4O/c18-14-9-19-5-3-12(14)10-22-6-4-15-13(11-22)8-20-17(21-15)16-2-1-7-23-16/h1-3,5,7-9H,4,6,10-11H2. The monoisotopic (exact) mass is 310 g/mol. The van der Waals surface area contributed by atoms with Crippen molar-refractivity contribution in [1.82, 2.24) is 19.9 Å². The fourth-order valence-electron chi connectivity index (χ4n) is 2.81. The highest BCUT2D eigenvalue weighted by molar-refractivity contribution is 5.46. The summed E-state index contributed by atoms with van der Waals surface area (Å²) in [7, 11) is 0. The summed E-state index contributed by atoms with van der Waals surface area (Å²) >= 11 is 0. The Balaban J connectivity index is 1.53. The summed E-state index contributed by atoms with van der Waals surface area (Å²) in [5.74, 6) is 1.03. The molecule has 1 aliphatic heterocycles. The average molecular weight is 310 g/mol. The van der Waals surface area contributed by atoms with E-state index >= 15 is 0 Å². The Labute approximate surface area is 132 Å². The van der Waals surface area contributed by atoms with Gasteiger partial charge >= 0.3 is 0 Å². The van der Waals surface area contributed by atoms with Crippen LogP contribution in [-0.4, -0.2) is 26.4 Å². The number of nitrogens with zero attached hydrogens (tertiary/aromatic N) is 4. The zero-order valence-electron chi connectivity index (χ0n) is 12.4. The van der Waals surface area contributed by atoms with E-state index in [0.29, 0.717) is 23.7 Å². The van der Waals surface area contributed by atoms with E-state index in [0.717, 1.165) is 30.8 Å². The Morgan fingerprint density at radius 1 is 1.26 bits per heavy atom.